The Morgan fingerprint density at radius 1 is 0.250 bits per heavy atom. The lowest BCUT2D eigenvalue weighted by Gasteiger charge is -2.29. The van der Waals surface area contributed by atoms with Gasteiger partial charge < -0.3 is 9.32 Å². The summed E-state index contributed by atoms with van der Waals surface area (Å²) in [7, 11) is 0. The first-order valence-electron chi connectivity index (χ1n) is 21.9. The maximum Gasteiger partial charge on any atom is 0.137 e. The minimum atomic E-state index is 0.852. The molecule has 0 atom stereocenters. The maximum absolute atomic E-state index is 6.55. The van der Waals surface area contributed by atoms with Crippen molar-refractivity contribution in [2.24, 2.45) is 0 Å². The molecule has 0 saturated carbocycles. The van der Waals surface area contributed by atoms with Crippen LogP contribution in [0.2, 0.25) is 0 Å². The zero-order chi connectivity index (χ0) is 42.4. The molecule has 1 aromatic heterocycles. The van der Waals surface area contributed by atoms with E-state index in [1.54, 1.807) is 0 Å². The molecule has 0 amide bonds. The summed E-state index contributed by atoms with van der Waals surface area (Å²) in [6.45, 7) is 0. The number of hydrogen-bond acceptors (Lipinski definition) is 2. The van der Waals surface area contributed by atoms with E-state index < -0.39 is 0 Å². The van der Waals surface area contributed by atoms with Crippen LogP contribution in [0.15, 0.2) is 253 Å². The quantitative estimate of drug-likeness (QED) is 0.142. The number of rotatable bonds is 8. The smallest absolute Gasteiger partial charge is 0.137 e. The predicted octanol–water partition coefficient (Wildman–Crippen LogP) is 17.7. The van der Waals surface area contributed by atoms with Gasteiger partial charge in [-0.05, 0) is 120 Å². The third-order valence-corrected chi connectivity index (χ3v) is 12.7. The number of hydrogen-bond donors (Lipinski definition) is 0. The van der Waals surface area contributed by atoms with E-state index in [1.807, 2.05) is 12.1 Å². The standard InChI is InChI=1S/C62H41NO/c1-4-16-43(17-5-1)52-35-30-46(38-58(52)45-20-8-3-9-21-45)42-28-32-49(33-29-42)63(50-34-37-57-56-26-14-15-27-61(56)64-62(57)41-50)60-40-48(31-36-53(60)44-18-6-2-7-19-44)59-39-47-22-10-11-23-51(47)54-24-12-13-25-55(54)59/h1-41H. The lowest BCUT2D eigenvalue weighted by atomic mass is 9.91. The number of para-hydroxylation sites is 1. The molecule has 12 aromatic rings. The Morgan fingerprint density at radius 2 is 0.781 bits per heavy atom. The summed E-state index contributed by atoms with van der Waals surface area (Å²) in [5, 5.41) is 7.17. The van der Waals surface area contributed by atoms with Crippen LogP contribution in [0.3, 0.4) is 0 Å². The molecule has 0 aliphatic carbocycles. The molecule has 0 unspecified atom stereocenters. The highest BCUT2D eigenvalue weighted by atomic mass is 16.3. The van der Waals surface area contributed by atoms with Crippen molar-refractivity contribution in [3.05, 3.63) is 249 Å². The van der Waals surface area contributed by atoms with Crippen LogP contribution in [0.4, 0.5) is 17.1 Å². The van der Waals surface area contributed by atoms with Crippen LogP contribution < -0.4 is 4.90 Å². The fraction of sp³-hybridized carbons (Fsp3) is 0. The molecule has 64 heavy (non-hydrogen) atoms. The van der Waals surface area contributed by atoms with Gasteiger partial charge in [-0.2, -0.15) is 0 Å². The molecule has 0 spiro atoms. The van der Waals surface area contributed by atoms with Gasteiger partial charge in [0, 0.05) is 33.8 Å². The van der Waals surface area contributed by atoms with Gasteiger partial charge in [0.25, 0.3) is 0 Å². The number of anilines is 3. The van der Waals surface area contributed by atoms with Crippen LogP contribution in [-0.2, 0) is 0 Å². The zero-order valence-electron chi connectivity index (χ0n) is 35.0. The summed E-state index contributed by atoms with van der Waals surface area (Å²) in [6.07, 6.45) is 0. The Hall–Kier alpha value is -8.46. The molecule has 2 heteroatoms. The van der Waals surface area contributed by atoms with Gasteiger partial charge in [-0.25, -0.2) is 0 Å². The molecule has 300 valence electrons. The van der Waals surface area contributed by atoms with E-state index in [4.69, 9.17) is 4.42 Å². The molecule has 0 bridgehead atoms. The topological polar surface area (TPSA) is 16.4 Å². The first-order chi connectivity index (χ1) is 31.7. The molecule has 0 N–H and O–H groups in total. The predicted molar refractivity (Wildman–Crippen MR) is 271 cm³/mol. The summed E-state index contributed by atoms with van der Waals surface area (Å²) in [5.74, 6) is 0. The largest absolute Gasteiger partial charge is 0.456 e. The Balaban J connectivity index is 1.06. The number of fused-ring (bicyclic) bond motifs is 6. The minimum Gasteiger partial charge on any atom is -0.456 e. The van der Waals surface area contributed by atoms with E-state index in [-0.39, 0.29) is 0 Å². The van der Waals surface area contributed by atoms with Crippen molar-refractivity contribution < 1.29 is 4.42 Å². The van der Waals surface area contributed by atoms with Gasteiger partial charge in [0.05, 0.1) is 5.69 Å². The lowest BCUT2D eigenvalue weighted by Crippen LogP contribution is -2.11. The second kappa shape index (κ2) is 15.8. The van der Waals surface area contributed by atoms with Crippen molar-refractivity contribution in [3.63, 3.8) is 0 Å². The maximum atomic E-state index is 6.55. The van der Waals surface area contributed by atoms with E-state index >= 15 is 0 Å². The fourth-order valence-electron chi connectivity index (χ4n) is 9.57. The van der Waals surface area contributed by atoms with Gasteiger partial charge in [-0.3, -0.25) is 0 Å². The second-order valence-electron chi connectivity index (χ2n) is 16.4. The Labute approximate surface area is 372 Å². The lowest BCUT2D eigenvalue weighted by molar-refractivity contribution is 0.669. The third-order valence-electron chi connectivity index (χ3n) is 12.7. The summed E-state index contributed by atoms with van der Waals surface area (Å²) in [6, 6.07) is 89.8. The molecule has 0 radical (unpaired) electrons. The SMILES string of the molecule is c1ccc(-c2ccc(-c3ccc(N(c4ccc5c(c4)oc4ccccc45)c4cc(-c5cc6ccccc6c6ccccc56)ccc4-c4ccccc4)cc3)cc2-c2ccccc2)cc1. The van der Waals surface area contributed by atoms with E-state index in [0.717, 1.165) is 66.8 Å². The van der Waals surface area contributed by atoms with Crippen molar-refractivity contribution in [3.8, 4) is 55.6 Å². The minimum absolute atomic E-state index is 0.852. The van der Waals surface area contributed by atoms with E-state index in [1.165, 1.54) is 49.4 Å². The highest BCUT2D eigenvalue weighted by molar-refractivity contribution is 6.14. The average molecular weight is 816 g/mol. The Kier molecular flexibility index (Phi) is 9.20. The summed E-state index contributed by atoms with van der Waals surface area (Å²) >= 11 is 0. The van der Waals surface area contributed by atoms with E-state index in [9.17, 15) is 0 Å². The summed E-state index contributed by atoms with van der Waals surface area (Å²) < 4.78 is 6.55. The van der Waals surface area contributed by atoms with Crippen LogP contribution in [0, 0.1) is 0 Å². The molecular weight excluding hydrogens is 775 g/mol. The second-order valence-corrected chi connectivity index (χ2v) is 16.4. The van der Waals surface area contributed by atoms with Crippen LogP contribution in [0.25, 0.3) is 99.1 Å². The van der Waals surface area contributed by atoms with E-state index in [0.29, 0.717) is 0 Å². The zero-order valence-corrected chi connectivity index (χ0v) is 35.0. The monoisotopic (exact) mass is 815 g/mol. The Morgan fingerprint density at radius 3 is 1.52 bits per heavy atom. The molecule has 0 fully saturated rings. The van der Waals surface area contributed by atoms with Gasteiger partial charge in [0.15, 0.2) is 0 Å². The van der Waals surface area contributed by atoms with Crippen molar-refractivity contribution in [2.45, 2.75) is 0 Å². The molecular formula is C62H41NO. The number of nitrogens with zero attached hydrogens (tertiary/aromatic N) is 1. The molecule has 0 saturated heterocycles. The van der Waals surface area contributed by atoms with Crippen LogP contribution in [0.1, 0.15) is 0 Å². The summed E-state index contributed by atoms with van der Waals surface area (Å²) in [5.41, 5.74) is 16.6. The third kappa shape index (κ3) is 6.61. The van der Waals surface area contributed by atoms with Gasteiger partial charge in [-0.1, -0.05) is 194 Å². The molecule has 12 rings (SSSR count). The van der Waals surface area contributed by atoms with E-state index in [2.05, 4.69) is 241 Å². The molecule has 0 aliphatic heterocycles. The van der Waals surface area contributed by atoms with Crippen molar-refractivity contribution >= 4 is 60.5 Å². The highest BCUT2D eigenvalue weighted by Crippen LogP contribution is 2.46. The van der Waals surface area contributed by atoms with Gasteiger partial charge in [0.1, 0.15) is 11.2 Å². The van der Waals surface area contributed by atoms with Crippen LogP contribution in [-0.4, -0.2) is 0 Å². The number of furan rings is 1. The van der Waals surface area contributed by atoms with Crippen molar-refractivity contribution in [2.75, 3.05) is 4.90 Å². The first-order valence-corrected chi connectivity index (χ1v) is 21.9. The van der Waals surface area contributed by atoms with Crippen LogP contribution >= 0.6 is 0 Å². The molecule has 0 aliphatic rings. The Bertz CT molecular complexity index is 3650. The molecule has 1 heterocycles. The van der Waals surface area contributed by atoms with Gasteiger partial charge >= 0.3 is 0 Å². The number of benzene rings is 11. The van der Waals surface area contributed by atoms with Crippen molar-refractivity contribution in [1.82, 2.24) is 0 Å². The van der Waals surface area contributed by atoms with Crippen LogP contribution in [0.5, 0.6) is 0 Å². The average Bonchev–Trinajstić information content (AvgIpc) is 3.75. The summed E-state index contributed by atoms with van der Waals surface area (Å²) in [4.78, 5) is 2.40. The highest BCUT2D eigenvalue weighted by Gasteiger charge is 2.21. The van der Waals surface area contributed by atoms with Gasteiger partial charge in [-0.15, -0.1) is 0 Å². The first kappa shape index (κ1) is 37.3. The van der Waals surface area contributed by atoms with Crippen molar-refractivity contribution in [1.29, 1.82) is 0 Å². The molecule has 2 nitrogen and oxygen atoms in total. The fourth-order valence-corrected chi connectivity index (χ4v) is 9.57. The normalized spacial score (nSPS) is 11.4. The van der Waals surface area contributed by atoms with Gasteiger partial charge in [0.2, 0.25) is 0 Å². The molecule has 11 aromatic carbocycles.